The maximum atomic E-state index is 3.99. The number of aromatic nitrogens is 2. The van der Waals surface area contributed by atoms with Crippen LogP contribution in [-0.4, -0.2) is 16.0 Å². The van der Waals surface area contributed by atoms with Gasteiger partial charge in [-0.15, -0.1) is 0 Å². The number of imidazole rings is 1. The Morgan fingerprint density at radius 2 is 2.54 bits per heavy atom. The van der Waals surface area contributed by atoms with E-state index in [0.717, 1.165) is 12.5 Å². The lowest BCUT2D eigenvalue weighted by atomic mass is 10.1. The molecule has 3 heteroatoms. The SMILES string of the molecule is CC1CCCC1NCc1cnc[nH]1. The van der Waals surface area contributed by atoms with E-state index in [9.17, 15) is 0 Å². The van der Waals surface area contributed by atoms with Crippen molar-refractivity contribution < 1.29 is 0 Å². The van der Waals surface area contributed by atoms with Crippen LogP contribution in [0.15, 0.2) is 12.5 Å². The van der Waals surface area contributed by atoms with E-state index < -0.39 is 0 Å². The first-order valence-electron chi connectivity index (χ1n) is 5.07. The fourth-order valence-corrected chi connectivity index (χ4v) is 2.07. The first-order valence-corrected chi connectivity index (χ1v) is 5.07. The van der Waals surface area contributed by atoms with Crippen LogP contribution in [0.3, 0.4) is 0 Å². The average molecular weight is 179 g/mol. The summed E-state index contributed by atoms with van der Waals surface area (Å²) in [5, 5.41) is 3.56. The Morgan fingerprint density at radius 1 is 1.62 bits per heavy atom. The molecular weight excluding hydrogens is 162 g/mol. The molecule has 1 aliphatic carbocycles. The highest BCUT2D eigenvalue weighted by atomic mass is 15.0. The summed E-state index contributed by atoms with van der Waals surface area (Å²) in [6, 6.07) is 0.711. The summed E-state index contributed by atoms with van der Waals surface area (Å²) < 4.78 is 0. The number of aromatic amines is 1. The molecular formula is C10H17N3. The molecule has 1 aliphatic rings. The van der Waals surface area contributed by atoms with Crippen molar-refractivity contribution in [3.63, 3.8) is 0 Å². The Hall–Kier alpha value is -0.830. The summed E-state index contributed by atoms with van der Waals surface area (Å²) in [6.45, 7) is 3.26. The molecule has 1 saturated carbocycles. The second-order valence-corrected chi connectivity index (χ2v) is 3.97. The minimum atomic E-state index is 0.711. The Balaban J connectivity index is 1.79. The van der Waals surface area contributed by atoms with Crippen molar-refractivity contribution in [3.05, 3.63) is 18.2 Å². The lowest BCUT2D eigenvalue weighted by molar-refractivity contribution is 0.424. The molecule has 72 valence electrons. The van der Waals surface area contributed by atoms with Crippen LogP contribution in [0, 0.1) is 5.92 Å². The van der Waals surface area contributed by atoms with Crippen molar-refractivity contribution in [2.45, 2.75) is 38.8 Å². The molecule has 0 saturated heterocycles. The molecule has 0 bridgehead atoms. The van der Waals surface area contributed by atoms with E-state index in [0.29, 0.717) is 6.04 Å². The van der Waals surface area contributed by atoms with Gasteiger partial charge in [-0.05, 0) is 18.8 Å². The summed E-state index contributed by atoms with van der Waals surface area (Å²) in [4.78, 5) is 7.09. The van der Waals surface area contributed by atoms with Crippen molar-refractivity contribution in [2.75, 3.05) is 0 Å². The predicted octanol–water partition coefficient (Wildman–Crippen LogP) is 1.69. The summed E-state index contributed by atoms with van der Waals surface area (Å²) in [5.74, 6) is 0.836. The largest absolute Gasteiger partial charge is 0.347 e. The van der Waals surface area contributed by atoms with Gasteiger partial charge in [0.2, 0.25) is 0 Å². The van der Waals surface area contributed by atoms with Crippen molar-refractivity contribution in [1.82, 2.24) is 15.3 Å². The standard InChI is InChI=1S/C10H17N3/c1-8-3-2-4-10(8)12-6-9-5-11-7-13-9/h5,7-8,10,12H,2-4,6H2,1H3,(H,11,13). The molecule has 1 heterocycles. The number of H-pyrrole nitrogens is 1. The van der Waals surface area contributed by atoms with Crippen molar-refractivity contribution >= 4 is 0 Å². The first kappa shape index (κ1) is 8.75. The molecule has 1 aromatic rings. The molecule has 2 unspecified atom stereocenters. The summed E-state index contributed by atoms with van der Waals surface area (Å²) >= 11 is 0. The van der Waals surface area contributed by atoms with Gasteiger partial charge < -0.3 is 10.3 Å². The molecule has 1 aromatic heterocycles. The molecule has 0 aromatic carbocycles. The van der Waals surface area contributed by atoms with Crippen LogP contribution in [0.4, 0.5) is 0 Å². The number of hydrogen-bond donors (Lipinski definition) is 2. The highest BCUT2D eigenvalue weighted by molar-refractivity contribution is 4.94. The lowest BCUT2D eigenvalue weighted by Crippen LogP contribution is -2.30. The zero-order valence-corrected chi connectivity index (χ0v) is 8.09. The van der Waals surface area contributed by atoms with Crippen LogP contribution >= 0.6 is 0 Å². The van der Waals surface area contributed by atoms with Gasteiger partial charge in [-0.1, -0.05) is 13.3 Å². The van der Waals surface area contributed by atoms with E-state index in [1.807, 2.05) is 6.20 Å². The maximum absolute atomic E-state index is 3.99. The van der Waals surface area contributed by atoms with Gasteiger partial charge in [0.25, 0.3) is 0 Å². The number of rotatable bonds is 3. The Bertz CT molecular complexity index is 243. The van der Waals surface area contributed by atoms with Gasteiger partial charge in [0.15, 0.2) is 0 Å². The number of nitrogens with one attached hydrogen (secondary N) is 2. The fraction of sp³-hybridized carbons (Fsp3) is 0.700. The normalized spacial score (nSPS) is 28.1. The fourth-order valence-electron chi connectivity index (χ4n) is 2.07. The van der Waals surface area contributed by atoms with Crippen molar-refractivity contribution in [2.24, 2.45) is 5.92 Å². The van der Waals surface area contributed by atoms with Gasteiger partial charge in [-0.2, -0.15) is 0 Å². The average Bonchev–Trinajstić information content (AvgIpc) is 2.72. The zero-order chi connectivity index (χ0) is 9.10. The third-order valence-corrected chi connectivity index (χ3v) is 2.97. The molecule has 3 nitrogen and oxygen atoms in total. The molecule has 0 spiro atoms. The van der Waals surface area contributed by atoms with Gasteiger partial charge >= 0.3 is 0 Å². The molecule has 0 amide bonds. The van der Waals surface area contributed by atoms with E-state index in [-0.39, 0.29) is 0 Å². The molecule has 2 N–H and O–H groups in total. The highest BCUT2D eigenvalue weighted by Crippen LogP contribution is 2.24. The summed E-state index contributed by atoms with van der Waals surface area (Å²) in [6.07, 6.45) is 7.69. The smallest absolute Gasteiger partial charge is 0.0922 e. The second-order valence-electron chi connectivity index (χ2n) is 3.97. The topological polar surface area (TPSA) is 40.7 Å². The van der Waals surface area contributed by atoms with Crippen molar-refractivity contribution in [3.8, 4) is 0 Å². The van der Waals surface area contributed by atoms with E-state index in [4.69, 9.17) is 0 Å². The quantitative estimate of drug-likeness (QED) is 0.741. The zero-order valence-electron chi connectivity index (χ0n) is 8.09. The summed E-state index contributed by atoms with van der Waals surface area (Å²) in [5.41, 5.74) is 1.18. The number of nitrogens with zero attached hydrogens (tertiary/aromatic N) is 1. The molecule has 0 radical (unpaired) electrons. The van der Waals surface area contributed by atoms with E-state index in [2.05, 4.69) is 22.2 Å². The lowest BCUT2D eigenvalue weighted by Gasteiger charge is -2.16. The van der Waals surface area contributed by atoms with Crippen molar-refractivity contribution in [1.29, 1.82) is 0 Å². The minimum Gasteiger partial charge on any atom is -0.347 e. The molecule has 2 rings (SSSR count). The van der Waals surface area contributed by atoms with Crippen LogP contribution in [0.25, 0.3) is 0 Å². The van der Waals surface area contributed by atoms with E-state index >= 15 is 0 Å². The predicted molar refractivity (Wildman–Crippen MR) is 52.2 cm³/mol. The van der Waals surface area contributed by atoms with Gasteiger partial charge in [-0.25, -0.2) is 4.98 Å². The van der Waals surface area contributed by atoms with Gasteiger partial charge in [-0.3, -0.25) is 0 Å². The monoisotopic (exact) mass is 179 g/mol. The van der Waals surface area contributed by atoms with Gasteiger partial charge in [0.1, 0.15) is 0 Å². The van der Waals surface area contributed by atoms with E-state index in [1.54, 1.807) is 6.33 Å². The molecule has 2 atom stereocenters. The molecule has 0 aliphatic heterocycles. The Labute approximate surface area is 79.0 Å². The number of hydrogen-bond acceptors (Lipinski definition) is 2. The second kappa shape index (κ2) is 3.92. The van der Waals surface area contributed by atoms with Crippen LogP contribution in [0.1, 0.15) is 31.9 Å². The Kier molecular flexibility index (Phi) is 2.64. The van der Waals surface area contributed by atoms with Gasteiger partial charge in [0.05, 0.1) is 6.33 Å². The van der Waals surface area contributed by atoms with Crippen LogP contribution in [-0.2, 0) is 6.54 Å². The van der Waals surface area contributed by atoms with Crippen LogP contribution in [0.5, 0.6) is 0 Å². The summed E-state index contributed by atoms with van der Waals surface area (Å²) in [7, 11) is 0. The van der Waals surface area contributed by atoms with Crippen LogP contribution < -0.4 is 5.32 Å². The molecule has 1 fully saturated rings. The third-order valence-electron chi connectivity index (χ3n) is 2.97. The highest BCUT2D eigenvalue weighted by Gasteiger charge is 2.22. The van der Waals surface area contributed by atoms with Gasteiger partial charge in [0, 0.05) is 24.5 Å². The third kappa shape index (κ3) is 2.10. The molecule has 13 heavy (non-hydrogen) atoms. The van der Waals surface area contributed by atoms with E-state index in [1.165, 1.54) is 25.0 Å². The minimum absolute atomic E-state index is 0.711. The Morgan fingerprint density at radius 3 is 3.15 bits per heavy atom. The first-order chi connectivity index (χ1) is 6.36. The van der Waals surface area contributed by atoms with Crippen LogP contribution in [0.2, 0.25) is 0 Å². The maximum Gasteiger partial charge on any atom is 0.0922 e.